The third-order valence-corrected chi connectivity index (χ3v) is 3.53. The van der Waals surface area contributed by atoms with Gasteiger partial charge in [-0.3, -0.25) is 4.98 Å². The van der Waals surface area contributed by atoms with Crippen LogP contribution in [-0.2, 0) is 6.61 Å². The Morgan fingerprint density at radius 3 is 2.70 bits per heavy atom. The quantitative estimate of drug-likeness (QED) is 0.693. The van der Waals surface area contributed by atoms with Crippen LogP contribution in [0.3, 0.4) is 0 Å². The summed E-state index contributed by atoms with van der Waals surface area (Å²) < 4.78 is 19.7. The van der Waals surface area contributed by atoms with Gasteiger partial charge in [-0.15, -0.1) is 0 Å². The van der Waals surface area contributed by atoms with Crippen LogP contribution in [0.5, 0.6) is 5.75 Å². The molecule has 3 rings (SSSR count). The molecule has 0 aliphatic heterocycles. The highest BCUT2D eigenvalue weighted by Gasteiger charge is 2.05. The fraction of sp³-hybridized carbons (Fsp3) is 0.0625. The van der Waals surface area contributed by atoms with Gasteiger partial charge in [-0.05, 0) is 39.7 Å². The highest BCUT2D eigenvalue weighted by molar-refractivity contribution is 9.10. The van der Waals surface area contributed by atoms with Crippen LogP contribution in [-0.4, -0.2) is 4.98 Å². The molecule has 0 bridgehead atoms. The average molecular weight is 332 g/mol. The van der Waals surface area contributed by atoms with Crippen molar-refractivity contribution >= 4 is 26.8 Å². The average Bonchev–Trinajstić information content (AvgIpc) is 2.45. The summed E-state index contributed by atoms with van der Waals surface area (Å²) in [7, 11) is 0. The van der Waals surface area contributed by atoms with Gasteiger partial charge in [-0.1, -0.05) is 30.3 Å². The minimum atomic E-state index is -0.300. The molecule has 0 amide bonds. The van der Waals surface area contributed by atoms with E-state index in [0.717, 1.165) is 11.1 Å². The Kier molecular flexibility index (Phi) is 3.65. The fourth-order valence-electron chi connectivity index (χ4n) is 1.97. The van der Waals surface area contributed by atoms with Gasteiger partial charge in [0.05, 0.1) is 11.7 Å². The van der Waals surface area contributed by atoms with Crippen molar-refractivity contribution in [2.45, 2.75) is 6.61 Å². The lowest BCUT2D eigenvalue weighted by Gasteiger charge is -2.07. The molecule has 100 valence electrons. The standard InChI is InChI=1S/C16H11BrFNO/c17-15-8-13(18)6-12-7-14(9-19-16(12)15)20-10-11-4-2-1-3-5-11/h1-9H,10H2. The first-order valence-corrected chi connectivity index (χ1v) is 6.93. The van der Waals surface area contributed by atoms with Gasteiger partial charge in [0.2, 0.25) is 0 Å². The van der Waals surface area contributed by atoms with Crippen LogP contribution < -0.4 is 4.74 Å². The SMILES string of the molecule is Fc1cc(Br)c2ncc(OCc3ccccc3)cc2c1. The van der Waals surface area contributed by atoms with Crippen molar-refractivity contribution in [3.63, 3.8) is 0 Å². The van der Waals surface area contributed by atoms with Crippen LogP contribution in [0.4, 0.5) is 4.39 Å². The predicted molar refractivity (Wildman–Crippen MR) is 80.2 cm³/mol. The number of pyridine rings is 1. The van der Waals surface area contributed by atoms with Crippen LogP contribution in [0.15, 0.2) is 59.2 Å². The molecule has 1 heterocycles. The molecule has 0 atom stereocenters. The summed E-state index contributed by atoms with van der Waals surface area (Å²) in [6, 6.07) is 14.5. The van der Waals surface area contributed by atoms with Crippen LogP contribution >= 0.6 is 15.9 Å². The molecule has 0 aliphatic rings. The van der Waals surface area contributed by atoms with Crippen LogP contribution in [0, 0.1) is 5.82 Å². The Bertz CT molecular complexity index is 746. The smallest absolute Gasteiger partial charge is 0.138 e. The van der Waals surface area contributed by atoms with E-state index in [1.165, 1.54) is 12.1 Å². The largest absolute Gasteiger partial charge is 0.487 e. The number of hydrogen-bond acceptors (Lipinski definition) is 2. The lowest BCUT2D eigenvalue weighted by molar-refractivity contribution is 0.305. The highest BCUT2D eigenvalue weighted by atomic mass is 79.9. The number of benzene rings is 2. The number of hydrogen-bond donors (Lipinski definition) is 0. The van der Waals surface area contributed by atoms with Crippen molar-refractivity contribution in [2.75, 3.05) is 0 Å². The van der Waals surface area contributed by atoms with E-state index in [2.05, 4.69) is 20.9 Å². The molecule has 2 aromatic carbocycles. The summed E-state index contributed by atoms with van der Waals surface area (Å²) >= 11 is 3.30. The van der Waals surface area contributed by atoms with Crippen molar-refractivity contribution in [3.05, 3.63) is 70.6 Å². The Balaban J connectivity index is 1.86. The lowest BCUT2D eigenvalue weighted by Crippen LogP contribution is -1.96. The monoisotopic (exact) mass is 331 g/mol. The topological polar surface area (TPSA) is 22.1 Å². The van der Waals surface area contributed by atoms with Gasteiger partial charge in [-0.2, -0.15) is 0 Å². The molecule has 20 heavy (non-hydrogen) atoms. The van der Waals surface area contributed by atoms with Crippen LogP contribution in [0.2, 0.25) is 0 Å². The summed E-state index contributed by atoms with van der Waals surface area (Å²) in [5.41, 5.74) is 1.80. The van der Waals surface area contributed by atoms with Gasteiger partial charge < -0.3 is 4.74 Å². The van der Waals surface area contributed by atoms with Gasteiger partial charge >= 0.3 is 0 Å². The molecule has 2 nitrogen and oxygen atoms in total. The minimum Gasteiger partial charge on any atom is -0.487 e. The fourth-order valence-corrected chi connectivity index (χ4v) is 2.52. The molecule has 0 saturated heterocycles. The van der Waals surface area contributed by atoms with Gasteiger partial charge in [0, 0.05) is 9.86 Å². The summed E-state index contributed by atoms with van der Waals surface area (Å²) in [6.45, 7) is 0.463. The molecule has 4 heteroatoms. The Labute approximate surface area is 124 Å². The number of rotatable bonds is 3. The zero-order chi connectivity index (χ0) is 13.9. The van der Waals surface area contributed by atoms with Crippen molar-refractivity contribution in [1.82, 2.24) is 4.98 Å². The molecule has 0 aliphatic carbocycles. The zero-order valence-electron chi connectivity index (χ0n) is 10.5. The number of halogens is 2. The second-order valence-corrected chi connectivity index (χ2v) is 5.26. The highest BCUT2D eigenvalue weighted by Crippen LogP contribution is 2.26. The lowest BCUT2D eigenvalue weighted by atomic mass is 10.2. The molecule has 0 saturated carbocycles. The Hall–Kier alpha value is -1.94. The molecular weight excluding hydrogens is 321 g/mol. The van der Waals surface area contributed by atoms with E-state index in [9.17, 15) is 4.39 Å². The number of fused-ring (bicyclic) bond motifs is 1. The predicted octanol–water partition coefficient (Wildman–Crippen LogP) is 4.72. The summed E-state index contributed by atoms with van der Waals surface area (Å²) in [6.07, 6.45) is 1.65. The minimum absolute atomic E-state index is 0.300. The molecule has 0 fully saturated rings. The summed E-state index contributed by atoms with van der Waals surface area (Å²) in [5.74, 6) is 0.324. The second kappa shape index (κ2) is 5.59. The Morgan fingerprint density at radius 1 is 1.10 bits per heavy atom. The maximum atomic E-state index is 13.4. The number of ether oxygens (including phenoxy) is 1. The van der Waals surface area contributed by atoms with Crippen molar-refractivity contribution in [2.24, 2.45) is 0 Å². The normalized spacial score (nSPS) is 10.7. The van der Waals surface area contributed by atoms with E-state index < -0.39 is 0 Å². The van der Waals surface area contributed by atoms with E-state index in [1.807, 2.05) is 30.3 Å². The van der Waals surface area contributed by atoms with Crippen molar-refractivity contribution in [3.8, 4) is 5.75 Å². The maximum Gasteiger partial charge on any atom is 0.138 e. The molecule has 0 spiro atoms. The van der Waals surface area contributed by atoms with Gasteiger partial charge in [0.25, 0.3) is 0 Å². The first-order chi connectivity index (χ1) is 9.72. The molecule has 0 unspecified atom stereocenters. The third-order valence-electron chi connectivity index (χ3n) is 2.92. The second-order valence-electron chi connectivity index (χ2n) is 4.40. The molecule has 0 N–H and O–H groups in total. The van der Waals surface area contributed by atoms with Crippen LogP contribution in [0.1, 0.15) is 5.56 Å². The first kappa shape index (κ1) is 13.1. The van der Waals surface area contributed by atoms with Gasteiger partial charge in [-0.25, -0.2) is 4.39 Å². The van der Waals surface area contributed by atoms with E-state index in [0.29, 0.717) is 22.2 Å². The van der Waals surface area contributed by atoms with E-state index in [-0.39, 0.29) is 5.82 Å². The first-order valence-electron chi connectivity index (χ1n) is 6.14. The third kappa shape index (κ3) is 2.80. The Morgan fingerprint density at radius 2 is 1.90 bits per heavy atom. The number of nitrogens with zero attached hydrogens (tertiary/aromatic N) is 1. The molecule has 0 radical (unpaired) electrons. The van der Waals surface area contributed by atoms with E-state index in [4.69, 9.17) is 4.74 Å². The summed E-state index contributed by atoms with van der Waals surface area (Å²) in [5, 5.41) is 0.711. The van der Waals surface area contributed by atoms with Crippen molar-refractivity contribution < 1.29 is 9.13 Å². The maximum absolute atomic E-state index is 13.4. The molecular formula is C16H11BrFNO. The van der Waals surface area contributed by atoms with E-state index in [1.54, 1.807) is 12.3 Å². The zero-order valence-corrected chi connectivity index (χ0v) is 12.1. The van der Waals surface area contributed by atoms with Gasteiger partial charge in [0.1, 0.15) is 18.2 Å². The van der Waals surface area contributed by atoms with Crippen molar-refractivity contribution in [1.29, 1.82) is 0 Å². The number of aromatic nitrogens is 1. The van der Waals surface area contributed by atoms with Crippen LogP contribution in [0.25, 0.3) is 10.9 Å². The van der Waals surface area contributed by atoms with E-state index >= 15 is 0 Å². The summed E-state index contributed by atoms with van der Waals surface area (Å²) in [4.78, 5) is 4.30. The van der Waals surface area contributed by atoms with Gasteiger partial charge in [0.15, 0.2) is 0 Å². The molecule has 1 aromatic heterocycles. The molecule has 3 aromatic rings.